The Kier molecular flexibility index (Phi) is 5.99. The summed E-state index contributed by atoms with van der Waals surface area (Å²) in [4.78, 5) is 6.62. The highest BCUT2D eigenvalue weighted by Gasteiger charge is 2.30. The van der Waals surface area contributed by atoms with Crippen molar-refractivity contribution in [2.45, 2.75) is 26.4 Å². The standard InChI is InChI=1S/C12H23N3O.HI/c1-9(2)11-10(4-7-16-11)8-14-12-13-5-6-15(12)3;/h9-11H,4-8H2,1-3H3,(H,13,14);1H. The van der Waals surface area contributed by atoms with Crippen LogP contribution in [0.2, 0.25) is 0 Å². The van der Waals surface area contributed by atoms with Crippen LogP contribution in [0, 0.1) is 11.8 Å². The molecule has 1 N–H and O–H groups in total. The Morgan fingerprint density at radius 1 is 1.53 bits per heavy atom. The Morgan fingerprint density at radius 3 is 2.88 bits per heavy atom. The molecule has 4 nitrogen and oxygen atoms in total. The van der Waals surface area contributed by atoms with Crippen LogP contribution >= 0.6 is 24.0 Å². The lowest BCUT2D eigenvalue weighted by molar-refractivity contribution is 0.0548. The number of hydrogen-bond acceptors (Lipinski definition) is 4. The third kappa shape index (κ3) is 3.71. The number of ether oxygens (including phenoxy) is 1. The minimum absolute atomic E-state index is 0. The van der Waals surface area contributed by atoms with Gasteiger partial charge in [0.1, 0.15) is 0 Å². The first-order valence-electron chi connectivity index (χ1n) is 6.29. The van der Waals surface area contributed by atoms with E-state index in [1.54, 1.807) is 0 Å². The zero-order chi connectivity index (χ0) is 11.5. The minimum atomic E-state index is 0. The Morgan fingerprint density at radius 2 is 2.29 bits per heavy atom. The summed E-state index contributed by atoms with van der Waals surface area (Å²) < 4.78 is 5.78. The fraction of sp³-hybridized carbons (Fsp3) is 0.917. The number of likely N-dealkylation sites (N-methyl/N-ethyl adjacent to an activating group) is 1. The van der Waals surface area contributed by atoms with Crippen LogP contribution in [0.4, 0.5) is 0 Å². The van der Waals surface area contributed by atoms with E-state index >= 15 is 0 Å². The number of hydrogen-bond donors (Lipinski definition) is 1. The molecule has 0 amide bonds. The van der Waals surface area contributed by atoms with Gasteiger partial charge in [0.15, 0.2) is 5.96 Å². The smallest absolute Gasteiger partial charge is 0.193 e. The molecule has 5 heteroatoms. The Balaban J connectivity index is 0.00000144. The summed E-state index contributed by atoms with van der Waals surface area (Å²) in [6.07, 6.45) is 1.59. The SMILES string of the molecule is CC(C)C1OCCC1CNC1=NCCN1C.I. The number of rotatable bonds is 3. The molecule has 100 valence electrons. The number of halogens is 1. The van der Waals surface area contributed by atoms with Crippen LogP contribution in [-0.2, 0) is 4.74 Å². The van der Waals surface area contributed by atoms with E-state index in [2.05, 4.69) is 36.1 Å². The summed E-state index contributed by atoms with van der Waals surface area (Å²) in [5, 5.41) is 3.45. The normalized spacial score (nSPS) is 28.2. The van der Waals surface area contributed by atoms with Crippen molar-refractivity contribution in [3.05, 3.63) is 0 Å². The van der Waals surface area contributed by atoms with E-state index < -0.39 is 0 Å². The molecule has 1 fully saturated rings. The first-order valence-corrected chi connectivity index (χ1v) is 6.29. The van der Waals surface area contributed by atoms with Crippen molar-refractivity contribution in [3.8, 4) is 0 Å². The van der Waals surface area contributed by atoms with Crippen LogP contribution in [0.15, 0.2) is 4.99 Å². The first-order chi connectivity index (χ1) is 7.68. The maximum Gasteiger partial charge on any atom is 0.193 e. The molecular weight excluding hydrogens is 329 g/mol. The molecule has 2 atom stereocenters. The lowest BCUT2D eigenvalue weighted by Gasteiger charge is -2.24. The predicted molar refractivity (Wildman–Crippen MR) is 81.0 cm³/mol. The second kappa shape index (κ2) is 6.78. The van der Waals surface area contributed by atoms with Gasteiger partial charge in [0.2, 0.25) is 0 Å². The van der Waals surface area contributed by atoms with Gasteiger partial charge in [-0.1, -0.05) is 13.8 Å². The van der Waals surface area contributed by atoms with Crippen molar-refractivity contribution in [1.82, 2.24) is 10.2 Å². The molecule has 1 saturated heterocycles. The summed E-state index contributed by atoms with van der Waals surface area (Å²) in [7, 11) is 2.09. The van der Waals surface area contributed by atoms with Crippen molar-refractivity contribution < 1.29 is 4.74 Å². The van der Waals surface area contributed by atoms with Crippen molar-refractivity contribution in [2.24, 2.45) is 16.8 Å². The lowest BCUT2D eigenvalue weighted by atomic mass is 9.93. The molecule has 0 aliphatic carbocycles. The van der Waals surface area contributed by atoms with Crippen LogP contribution in [0.1, 0.15) is 20.3 Å². The van der Waals surface area contributed by atoms with E-state index in [9.17, 15) is 0 Å². The van der Waals surface area contributed by atoms with E-state index in [0.29, 0.717) is 17.9 Å². The van der Waals surface area contributed by atoms with Crippen molar-refractivity contribution >= 4 is 29.9 Å². The molecule has 0 aromatic carbocycles. The van der Waals surface area contributed by atoms with E-state index in [4.69, 9.17) is 4.74 Å². The first kappa shape index (κ1) is 15.0. The molecule has 0 saturated carbocycles. The maximum atomic E-state index is 5.78. The fourth-order valence-electron chi connectivity index (χ4n) is 2.56. The summed E-state index contributed by atoms with van der Waals surface area (Å²) in [6.45, 7) is 8.35. The highest BCUT2D eigenvalue weighted by atomic mass is 127. The average Bonchev–Trinajstić information content (AvgIpc) is 2.83. The Bertz CT molecular complexity index is 270. The highest BCUT2D eigenvalue weighted by molar-refractivity contribution is 14.0. The van der Waals surface area contributed by atoms with Crippen LogP contribution in [0.5, 0.6) is 0 Å². The third-order valence-electron chi connectivity index (χ3n) is 3.50. The predicted octanol–water partition coefficient (Wildman–Crippen LogP) is 1.56. The van der Waals surface area contributed by atoms with Gasteiger partial charge >= 0.3 is 0 Å². The van der Waals surface area contributed by atoms with Gasteiger partial charge in [-0.2, -0.15) is 0 Å². The van der Waals surface area contributed by atoms with Gasteiger partial charge in [-0.15, -0.1) is 24.0 Å². The molecule has 0 radical (unpaired) electrons. The topological polar surface area (TPSA) is 36.9 Å². The van der Waals surface area contributed by atoms with Gasteiger partial charge in [-0.05, 0) is 12.3 Å². The fourth-order valence-corrected chi connectivity index (χ4v) is 2.56. The maximum absolute atomic E-state index is 5.78. The molecular formula is C12H24IN3O. The summed E-state index contributed by atoms with van der Waals surface area (Å²) in [6, 6.07) is 0. The second-order valence-corrected chi connectivity index (χ2v) is 5.14. The second-order valence-electron chi connectivity index (χ2n) is 5.14. The Labute approximate surface area is 121 Å². The van der Waals surface area contributed by atoms with Gasteiger partial charge in [-0.25, -0.2) is 0 Å². The molecule has 2 aliphatic rings. The highest BCUT2D eigenvalue weighted by Crippen LogP contribution is 2.26. The molecule has 0 spiro atoms. The Hall–Kier alpha value is -0.0400. The number of nitrogens with zero attached hydrogens (tertiary/aromatic N) is 2. The van der Waals surface area contributed by atoms with Crippen molar-refractivity contribution in [1.29, 1.82) is 0 Å². The molecule has 2 rings (SSSR count). The van der Waals surface area contributed by atoms with E-state index in [-0.39, 0.29) is 24.0 Å². The average molecular weight is 353 g/mol. The monoisotopic (exact) mass is 353 g/mol. The molecule has 0 bridgehead atoms. The molecule has 2 aliphatic heterocycles. The van der Waals surface area contributed by atoms with Gasteiger partial charge in [0.25, 0.3) is 0 Å². The number of guanidine groups is 1. The lowest BCUT2D eigenvalue weighted by Crippen LogP contribution is -2.40. The molecule has 2 heterocycles. The van der Waals surface area contributed by atoms with Crippen LogP contribution < -0.4 is 5.32 Å². The largest absolute Gasteiger partial charge is 0.378 e. The summed E-state index contributed by atoms with van der Waals surface area (Å²) in [5.74, 6) is 2.30. The number of aliphatic imine (C=N–C) groups is 1. The van der Waals surface area contributed by atoms with Crippen LogP contribution in [0.25, 0.3) is 0 Å². The van der Waals surface area contributed by atoms with Crippen molar-refractivity contribution in [3.63, 3.8) is 0 Å². The van der Waals surface area contributed by atoms with E-state index in [1.165, 1.54) is 6.42 Å². The molecule has 2 unspecified atom stereocenters. The van der Waals surface area contributed by atoms with Gasteiger partial charge in [0, 0.05) is 32.7 Å². The minimum Gasteiger partial charge on any atom is -0.378 e. The number of nitrogens with one attached hydrogen (secondary N) is 1. The third-order valence-corrected chi connectivity index (χ3v) is 3.50. The van der Waals surface area contributed by atoms with Crippen LogP contribution in [0.3, 0.4) is 0 Å². The summed E-state index contributed by atoms with van der Waals surface area (Å²) >= 11 is 0. The van der Waals surface area contributed by atoms with Gasteiger partial charge < -0.3 is 15.0 Å². The van der Waals surface area contributed by atoms with Gasteiger partial charge in [-0.3, -0.25) is 4.99 Å². The molecule has 0 aromatic rings. The van der Waals surface area contributed by atoms with Gasteiger partial charge in [0.05, 0.1) is 12.6 Å². The zero-order valence-corrected chi connectivity index (χ0v) is 13.3. The summed E-state index contributed by atoms with van der Waals surface area (Å²) in [5.41, 5.74) is 0. The molecule has 0 aromatic heterocycles. The molecule has 17 heavy (non-hydrogen) atoms. The quantitative estimate of drug-likeness (QED) is 0.783. The van der Waals surface area contributed by atoms with E-state index in [0.717, 1.165) is 32.2 Å². The van der Waals surface area contributed by atoms with Crippen molar-refractivity contribution in [2.75, 3.05) is 33.3 Å². The zero-order valence-electron chi connectivity index (χ0n) is 11.0. The van der Waals surface area contributed by atoms with Crippen LogP contribution in [-0.4, -0.2) is 50.3 Å². The van der Waals surface area contributed by atoms with E-state index in [1.807, 2.05) is 0 Å².